The van der Waals surface area contributed by atoms with Gasteiger partial charge in [-0.25, -0.2) is 0 Å². The predicted octanol–water partition coefficient (Wildman–Crippen LogP) is 2.85. The number of nitriles is 1. The molecule has 0 spiro atoms. The van der Waals surface area contributed by atoms with E-state index >= 15 is 0 Å². The minimum absolute atomic E-state index is 0.346. The number of hydrogen-bond acceptors (Lipinski definition) is 2. The summed E-state index contributed by atoms with van der Waals surface area (Å²) in [5, 5.41) is 12.0. The molecule has 1 saturated carbocycles. The van der Waals surface area contributed by atoms with Gasteiger partial charge >= 0.3 is 0 Å². The second kappa shape index (κ2) is 5.36. The van der Waals surface area contributed by atoms with Crippen LogP contribution in [0.5, 0.6) is 0 Å². The molecule has 1 aliphatic rings. The minimum atomic E-state index is 0.346. The molecule has 0 aromatic heterocycles. The highest BCUT2D eigenvalue weighted by Gasteiger charge is 2.26. The molecular formula is C12H22N2. The Bertz CT molecular complexity index is 199. The van der Waals surface area contributed by atoms with Crippen molar-refractivity contribution in [3.05, 3.63) is 0 Å². The topological polar surface area (TPSA) is 35.8 Å². The Morgan fingerprint density at radius 3 is 2.57 bits per heavy atom. The summed E-state index contributed by atoms with van der Waals surface area (Å²) in [6.45, 7) is 5.55. The van der Waals surface area contributed by atoms with E-state index in [1.807, 2.05) is 0 Å². The standard InChI is InChI=1S/C12H22N2/c1-11(6-9-13)14-10-12(2)7-4-3-5-8-12/h11,14H,3-8,10H2,1-2H3. The van der Waals surface area contributed by atoms with Gasteiger partial charge < -0.3 is 5.32 Å². The molecule has 14 heavy (non-hydrogen) atoms. The molecule has 1 fully saturated rings. The van der Waals surface area contributed by atoms with Crippen LogP contribution < -0.4 is 5.32 Å². The first-order valence-corrected chi connectivity index (χ1v) is 5.77. The van der Waals surface area contributed by atoms with Crippen LogP contribution in [0.3, 0.4) is 0 Å². The zero-order valence-corrected chi connectivity index (χ0v) is 9.47. The van der Waals surface area contributed by atoms with Crippen LogP contribution in [0.25, 0.3) is 0 Å². The molecule has 0 amide bonds. The van der Waals surface area contributed by atoms with Crippen LogP contribution in [0.1, 0.15) is 52.4 Å². The first kappa shape index (κ1) is 11.5. The third kappa shape index (κ3) is 3.67. The molecular weight excluding hydrogens is 172 g/mol. The Kier molecular flexibility index (Phi) is 4.41. The molecule has 0 aromatic rings. The van der Waals surface area contributed by atoms with Gasteiger partial charge in [-0.2, -0.15) is 5.26 Å². The lowest BCUT2D eigenvalue weighted by Gasteiger charge is -2.34. The fourth-order valence-corrected chi connectivity index (χ4v) is 2.21. The molecule has 1 N–H and O–H groups in total. The van der Waals surface area contributed by atoms with Crippen molar-refractivity contribution in [2.45, 2.75) is 58.4 Å². The number of hydrogen-bond donors (Lipinski definition) is 1. The monoisotopic (exact) mass is 194 g/mol. The molecule has 0 saturated heterocycles. The third-order valence-electron chi connectivity index (χ3n) is 3.34. The van der Waals surface area contributed by atoms with Gasteiger partial charge in [0, 0.05) is 12.6 Å². The molecule has 0 bridgehead atoms. The largest absolute Gasteiger partial charge is 0.313 e. The maximum Gasteiger partial charge on any atom is 0.0638 e. The van der Waals surface area contributed by atoms with E-state index < -0.39 is 0 Å². The van der Waals surface area contributed by atoms with Crippen molar-refractivity contribution in [3.8, 4) is 6.07 Å². The summed E-state index contributed by atoms with van der Waals surface area (Å²) in [6.07, 6.45) is 7.48. The molecule has 0 aromatic carbocycles. The van der Waals surface area contributed by atoms with Crippen molar-refractivity contribution in [2.24, 2.45) is 5.41 Å². The third-order valence-corrected chi connectivity index (χ3v) is 3.34. The average molecular weight is 194 g/mol. The quantitative estimate of drug-likeness (QED) is 0.747. The fourth-order valence-electron chi connectivity index (χ4n) is 2.21. The van der Waals surface area contributed by atoms with Gasteiger partial charge in [-0.05, 0) is 25.2 Å². The van der Waals surface area contributed by atoms with Gasteiger partial charge in [-0.1, -0.05) is 26.2 Å². The van der Waals surface area contributed by atoms with E-state index in [4.69, 9.17) is 5.26 Å². The van der Waals surface area contributed by atoms with Crippen LogP contribution in [0, 0.1) is 16.7 Å². The molecule has 2 nitrogen and oxygen atoms in total. The summed E-state index contributed by atoms with van der Waals surface area (Å²) < 4.78 is 0. The van der Waals surface area contributed by atoms with Crippen LogP contribution >= 0.6 is 0 Å². The van der Waals surface area contributed by atoms with E-state index in [0.717, 1.165) is 6.54 Å². The van der Waals surface area contributed by atoms with Crippen LogP contribution in [0.2, 0.25) is 0 Å². The molecule has 2 heteroatoms. The Labute approximate surface area is 87.7 Å². The Hall–Kier alpha value is -0.550. The number of rotatable bonds is 4. The van der Waals surface area contributed by atoms with Crippen LogP contribution in [-0.2, 0) is 0 Å². The zero-order valence-electron chi connectivity index (χ0n) is 9.47. The van der Waals surface area contributed by atoms with Crippen molar-refractivity contribution in [3.63, 3.8) is 0 Å². The van der Waals surface area contributed by atoms with Crippen LogP contribution in [0.4, 0.5) is 0 Å². The van der Waals surface area contributed by atoms with Crippen molar-refractivity contribution >= 4 is 0 Å². The van der Waals surface area contributed by atoms with Gasteiger partial charge in [0.1, 0.15) is 0 Å². The molecule has 0 aliphatic heterocycles. The lowest BCUT2D eigenvalue weighted by molar-refractivity contribution is 0.202. The maximum atomic E-state index is 8.55. The summed E-state index contributed by atoms with van der Waals surface area (Å²) >= 11 is 0. The molecule has 80 valence electrons. The molecule has 1 rings (SSSR count). The SMILES string of the molecule is CC(CC#N)NCC1(C)CCCCC1. The highest BCUT2D eigenvalue weighted by Crippen LogP contribution is 2.34. The fraction of sp³-hybridized carbons (Fsp3) is 0.917. The Morgan fingerprint density at radius 1 is 1.36 bits per heavy atom. The Balaban J connectivity index is 2.25. The summed E-state index contributed by atoms with van der Waals surface area (Å²) in [7, 11) is 0. The molecule has 1 aliphatic carbocycles. The summed E-state index contributed by atoms with van der Waals surface area (Å²) in [5.74, 6) is 0. The summed E-state index contributed by atoms with van der Waals surface area (Å²) in [5.41, 5.74) is 0.488. The van der Waals surface area contributed by atoms with E-state index in [9.17, 15) is 0 Å². The van der Waals surface area contributed by atoms with Gasteiger partial charge in [0.2, 0.25) is 0 Å². The average Bonchev–Trinajstić information content (AvgIpc) is 2.17. The van der Waals surface area contributed by atoms with Gasteiger partial charge in [-0.15, -0.1) is 0 Å². The van der Waals surface area contributed by atoms with Gasteiger partial charge in [0.05, 0.1) is 12.5 Å². The molecule has 0 heterocycles. The van der Waals surface area contributed by atoms with Crippen LogP contribution in [-0.4, -0.2) is 12.6 Å². The van der Waals surface area contributed by atoms with E-state index in [1.165, 1.54) is 32.1 Å². The lowest BCUT2D eigenvalue weighted by Crippen LogP contribution is -2.38. The number of nitrogens with one attached hydrogen (secondary N) is 1. The van der Waals surface area contributed by atoms with Crippen molar-refractivity contribution in [1.82, 2.24) is 5.32 Å². The first-order valence-electron chi connectivity index (χ1n) is 5.77. The molecule has 0 radical (unpaired) electrons. The second-order valence-corrected chi connectivity index (χ2v) is 5.02. The maximum absolute atomic E-state index is 8.55. The van der Waals surface area contributed by atoms with E-state index in [2.05, 4.69) is 25.2 Å². The normalized spacial score (nSPS) is 22.6. The van der Waals surface area contributed by atoms with Gasteiger partial charge in [0.15, 0.2) is 0 Å². The van der Waals surface area contributed by atoms with E-state index in [-0.39, 0.29) is 0 Å². The highest BCUT2D eigenvalue weighted by atomic mass is 14.9. The lowest BCUT2D eigenvalue weighted by atomic mass is 9.75. The van der Waals surface area contributed by atoms with Gasteiger partial charge in [-0.3, -0.25) is 0 Å². The van der Waals surface area contributed by atoms with Crippen molar-refractivity contribution in [2.75, 3.05) is 6.54 Å². The van der Waals surface area contributed by atoms with Crippen molar-refractivity contribution in [1.29, 1.82) is 5.26 Å². The second-order valence-electron chi connectivity index (χ2n) is 5.02. The van der Waals surface area contributed by atoms with Gasteiger partial charge in [0.25, 0.3) is 0 Å². The van der Waals surface area contributed by atoms with E-state index in [0.29, 0.717) is 17.9 Å². The summed E-state index contributed by atoms with van der Waals surface area (Å²) in [6, 6.07) is 2.55. The zero-order chi connectivity index (χ0) is 10.4. The van der Waals surface area contributed by atoms with E-state index in [1.54, 1.807) is 0 Å². The predicted molar refractivity (Wildman–Crippen MR) is 58.9 cm³/mol. The number of nitrogens with zero attached hydrogens (tertiary/aromatic N) is 1. The minimum Gasteiger partial charge on any atom is -0.313 e. The smallest absolute Gasteiger partial charge is 0.0638 e. The highest BCUT2D eigenvalue weighted by molar-refractivity contribution is 4.84. The van der Waals surface area contributed by atoms with Crippen LogP contribution in [0.15, 0.2) is 0 Å². The summed E-state index contributed by atoms with van der Waals surface area (Å²) in [4.78, 5) is 0. The molecule has 1 unspecified atom stereocenters. The first-order chi connectivity index (χ1) is 6.66. The Morgan fingerprint density at radius 2 is 2.00 bits per heavy atom. The molecule has 1 atom stereocenters. The van der Waals surface area contributed by atoms with Crippen molar-refractivity contribution < 1.29 is 0 Å².